The van der Waals surface area contributed by atoms with Gasteiger partial charge in [-0.15, -0.1) is 0 Å². The van der Waals surface area contributed by atoms with Crippen LogP contribution < -0.4 is 10.0 Å². The van der Waals surface area contributed by atoms with Gasteiger partial charge in [-0.3, -0.25) is 9.52 Å². The van der Waals surface area contributed by atoms with E-state index in [4.69, 9.17) is 0 Å². The van der Waals surface area contributed by atoms with Crippen LogP contribution in [0.15, 0.2) is 42.5 Å². The summed E-state index contributed by atoms with van der Waals surface area (Å²) in [6.07, 6.45) is 1.07. The molecule has 7 nitrogen and oxygen atoms in total. The summed E-state index contributed by atoms with van der Waals surface area (Å²) >= 11 is 0. The van der Waals surface area contributed by atoms with Gasteiger partial charge in [0.1, 0.15) is 5.82 Å². The number of carbonyl (C=O) groups excluding carboxylic acids is 1. The molecule has 8 heteroatoms. The summed E-state index contributed by atoms with van der Waals surface area (Å²) in [5.41, 5.74) is 3.22. The number of para-hydroxylation sites is 2. The number of aromatic amines is 1. The van der Waals surface area contributed by atoms with E-state index in [1.54, 1.807) is 19.1 Å². The Morgan fingerprint density at radius 3 is 2.62 bits per heavy atom. The third-order valence-corrected chi connectivity index (χ3v) is 4.55. The maximum Gasteiger partial charge on any atom is 0.251 e. The molecule has 3 rings (SSSR count). The highest BCUT2D eigenvalue weighted by Crippen LogP contribution is 2.20. The van der Waals surface area contributed by atoms with Crippen LogP contribution in [0.25, 0.3) is 11.0 Å². The van der Waals surface area contributed by atoms with Crippen molar-refractivity contribution in [1.82, 2.24) is 15.3 Å². The lowest BCUT2D eigenvalue weighted by Gasteiger charge is -2.13. The zero-order valence-corrected chi connectivity index (χ0v) is 15.5. The highest BCUT2D eigenvalue weighted by atomic mass is 32.2. The van der Waals surface area contributed by atoms with Crippen LogP contribution in [-0.4, -0.2) is 30.5 Å². The van der Waals surface area contributed by atoms with E-state index >= 15 is 0 Å². The van der Waals surface area contributed by atoms with E-state index in [2.05, 4.69) is 20.0 Å². The molecular weight excluding hydrogens is 352 g/mol. The molecule has 0 aliphatic carbocycles. The first kappa shape index (κ1) is 17.9. The predicted molar refractivity (Wildman–Crippen MR) is 102 cm³/mol. The van der Waals surface area contributed by atoms with Crippen LogP contribution in [0.5, 0.6) is 0 Å². The number of carbonyl (C=O) groups is 1. The summed E-state index contributed by atoms with van der Waals surface area (Å²) in [6.45, 7) is 3.60. The lowest BCUT2D eigenvalue weighted by molar-refractivity contribution is 0.0938. The molecular formula is C18H20N4O3S. The molecule has 0 aliphatic rings. The summed E-state index contributed by atoms with van der Waals surface area (Å²) in [6, 6.07) is 12.2. The number of H-pyrrole nitrogens is 1. The van der Waals surface area contributed by atoms with Crippen molar-refractivity contribution in [3.05, 3.63) is 59.4 Å². The second kappa shape index (κ2) is 6.80. The molecule has 0 spiro atoms. The van der Waals surface area contributed by atoms with Crippen molar-refractivity contribution in [2.24, 2.45) is 0 Å². The number of hydrogen-bond donors (Lipinski definition) is 3. The molecule has 1 unspecified atom stereocenters. The second-order valence-corrected chi connectivity index (χ2v) is 7.99. The minimum absolute atomic E-state index is 0.311. The predicted octanol–water partition coefficient (Wildman–Crippen LogP) is 2.73. The van der Waals surface area contributed by atoms with Gasteiger partial charge in [0.25, 0.3) is 5.91 Å². The van der Waals surface area contributed by atoms with Crippen LogP contribution in [-0.2, 0) is 10.0 Å². The number of benzene rings is 2. The highest BCUT2D eigenvalue weighted by molar-refractivity contribution is 7.92. The molecule has 3 N–H and O–H groups in total. The Labute approximate surface area is 151 Å². The molecule has 2 aromatic carbocycles. The van der Waals surface area contributed by atoms with Crippen molar-refractivity contribution in [2.45, 2.75) is 19.9 Å². The van der Waals surface area contributed by atoms with E-state index in [0.29, 0.717) is 17.1 Å². The van der Waals surface area contributed by atoms with E-state index < -0.39 is 10.0 Å². The Morgan fingerprint density at radius 1 is 1.19 bits per heavy atom. The van der Waals surface area contributed by atoms with Crippen LogP contribution >= 0.6 is 0 Å². The fourth-order valence-corrected chi connectivity index (χ4v) is 3.22. The van der Waals surface area contributed by atoms with Gasteiger partial charge in [0.05, 0.1) is 29.0 Å². The lowest BCUT2D eigenvalue weighted by Crippen LogP contribution is -2.27. The number of nitrogens with one attached hydrogen (secondary N) is 3. The first-order valence-corrected chi connectivity index (χ1v) is 9.96. The molecule has 0 saturated carbocycles. The van der Waals surface area contributed by atoms with Gasteiger partial charge < -0.3 is 10.3 Å². The third kappa shape index (κ3) is 4.02. The Bertz CT molecular complexity index is 1040. The van der Waals surface area contributed by atoms with E-state index in [1.807, 2.05) is 31.2 Å². The van der Waals surface area contributed by atoms with Crippen molar-refractivity contribution in [1.29, 1.82) is 0 Å². The SMILES string of the molecule is Cc1ccc(C(=O)NC(C)c2nc3ccccc3[nH]2)cc1NS(C)(=O)=O. The quantitative estimate of drug-likeness (QED) is 0.640. The fraction of sp³-hybridized carbons (Fsp3) is 0.222. The van der Waals surface area contributed by atoms with E-state index in [1.165, 1.54) is 6.07 Å². The number of aryl methyl sites for hydroxylation is 1. The van der Waals surface area contributed by atoms with Gasteiger partial charge >= 0.3 is 0 Å². The molecule has 26 heavy (non-hydrogen) atoms. The lowest BCUT2D eigenvalue weighted by atomic mass is 10.1. The van der Waals surface area contributed by atoms with Gasteiger partial charge in [0.2, 0.25) is 10.0 Å². The number of fused-ring (bicyclic) bond motifs is 1. The minimum Gasteiger partial charge on any atom is -0.342 e. The van der Waals surface area contributed by atoms with Gasteiger partial charge in [-0.1, -0.05) is 18.2 Å². The van der Waals surface area contributed by atoms with Gasteiger partial charge in [0.15, 0.2) is 0 Å². The van der Waals surface area contributed by atoms with Crippen LogP contribution in [0.1, 0.15) is 34.7 Å². The smallest absolute Gasteiger partial charge is 0.251 e. The zero-order chi connectivity index (χ0) is 18.9. The third-order valence-electron chi connectivity index (χ3n) is 3.96. The van der Waals surface area contributed by atoms with Gasteiger partial charge in [-0.25, -0.2) is 13.4 Å². The van der Waals surface area contributed by atoms with Crippen molar-refractivity contribution >= 4 is 32.7 Å². The first-order chi connectivity index (χ1) is 12.2. The monoisotopic (exact) mass is 372 g/mol. The fourth-order valence-electron chi connectivity index (χ4n) is 2.60. The van der Waals surface area contributed by atoms with E-state index in [0.717, 1.165) is 22.9 Å². The number of hydrogen-bond acceptors (Lipinski definition) is 4. The van der Waals surface area contributed by atoms with E-state index in [9.17, 15) is 13.2 Å². The average Bonchev–Trinajstić information content (AvgIpc) is 2.99. The normalized spacial score (nSPS) is 12.7. The standard InChI is InChI=1S/C18H20N4O3S/c1-11-8-9-13(10-16(11)22-26(3,24)25)18(23)19-12(2)17-20-14-6-4-5-7-15(14)21-17/h4-10,12,22H,1-3H3,(H,19,23)(H,20,21). The Balaban J connectivity index is 1.79. The number of amides is 1. The van der Waals surface area contributed by atoms with Crippen molar-refractivity contribution < 1.29 is 13.2 Å². The van der Waals surface area contributed by atoms with E-state index in [-0.39, 0.29) is 11.9 Å². The zero-order valence-electron chi connectivity index (χ0n) is 14.7. The number of nitrogens with zero attached hydrogens (tertiary/aromatic N) is 1. The van der Waals surface area contributed by atoms with Crippen LogP contribution in [0.2, 0.25) is 0 Å². The summed E-state index contributed by atoms with van der Waals surface area (Å²) < 4.78 is 25.3. The maximum absolute atomic E-state index is 12.5. The van der Waals surface area contributed by atoms with Gasteiger partial charge in [-0.05, 0) is 43.7 Å². The van der Waals surface area contributed by atoms with Crippen LogP contribution in [0.3, 0.4) is 0 Å². The average molecular weight is 372 g/mol. The Morgan fingerprint density at radius 2 is 1.92 bits per heavy atom. The topological polar surface area (TPSA) is 104 Å². The van der Waals surface area contributed by atoms with Gasteiger partial charge in [0, 0.05) is 5.56 Å². The molecule has 3 aromatic rings. The summed E-state index contributed by atoms with van der Waals surface area (Å²) in [5.74, 6) is 0.343. The molecule has 1 amide bonds. The molecule has 0 radical (unpaired) electrons. The van der Waals surface area contributed by atoms with Crippen molar-refractivity contribution in [3.63, 3.8) is 0 Å². The number of imidazole rings is 1. The molecule has 0 fully saturated rings. The molecule has 1 aromatic heterocycles. The molecule has 1 heterocycles. The first-order valence-electron chi connectivity index (χ1n) is 8.07. The molecule has 136 valence electrons. The Kier molecular flexibility index (Phi) is 4.69. The summed E-state index contributed by atoms with van der Waals surface area (Å²) in [5, 5.41) is 2.87. The summed E-state index contributed by atoms with van der Waals surface area (Å²) in [4.78, 5) is 20.2. The number of anilines is 1. The van der Waals surface area contributed by atoms with Crippen molar-refractivity contribution in [3.8, 4) is 0 Å². The molecule has 0 bridgehead atoms. The van der Waals surface area contributed by atoms with Crippen LogP contribution in [0, 0.1) is 6.92 Å². The number of rotatable bonds is 5. The Hall–Kier alpha value is -2.87. The highest BCUT2D eigenvalue weighted by Gasteiger charge is 2.16. The molecule has 1 atom stereocenters. The molecule has 0 saturated heterocycles. The number of aromatic nitrogens is 2. The number of sulfonamides is 1. The van der Waals surface area contributed by atoms with Crippen LogP contribution in [0.4, 0.5) is 5.69 Å². The second-order valence-electron chi connectivity index (χ2n) is 6.24. The molecule has 0 aliphatic heterocycles. The maximum atomic E-state index is 12.5. The largest absolute Gasteiger partial charge is 0.342 e. The van der Waals surface area contributed by atoms with Crippen molar-refractivity contribution in [2.75, 3.05) is 11.0 Å². The minimum atomic E-state index is -3.42. The van der Waals surface area contributed by atoms with Gasteiger partial charge in [-0.2, -0.15) is 0 Å². The summed E-state index contributed by atoms with van der Waals surface area (Å²) in [7, 11) is -3.42.